The van der Waals surface area contributed by atoms with Crippen molar-refractivity contribution in [2.45, 2.75) is 38.3 Å². The minimum absolute atomic E-state index is 0.0583. The van der Waals surface area contributed by atoms with Gasteiger partial charge >= 0.3 is 6.03 Å². The number of urea groups is 1. The summed E-state index contributed by atoms with van der Waals surface area (Å²) >= 11 is 0. The van der Waals surface area contributed by atoms with E-state index in [1.54, 1.807) is 24.3 Å². The third-order valence-corrected chi connectivity index (χ3v) is 6.37. The lowest BCUT2D eigenvalue weighted by molar-refractivity contribution is -0.131. The fourth-order valence-electron chi connectivity index (χ4n) is 4.71. The van der Waals surface area contributed by atoms with Gasteiger partial charge in [-0.1, -0.05) is 43.2 Å². The van der Waals surface area contributed by atoms with Crippen molar-refractivity contribution >= 4 is 34.8 Å². The van der Waals surface area contributed by atoms with Crippen LogP contribution in [0, 0.1) is 5.82 Å². The molecule has 8 heteroatoms. The molecule has 2 fully saturated rings. The van der Waals surface area contributed by atoms with E-state index in [2.05, 4.69) is 5.32 Å². The number of fused-ring (bicyclic) bond motifs is 1. The van der Waals surface area contributed by atoms with Crippen molar-refractivity contribution in [3.8, 4) is 5.75 Å². The van der Waals surface area contributed by atoms with E-state index < -0.39 is 23.7 Å². The molecule has 5 rings (SSSR count). The molecule has 3 aromatic rings. The first-order chi connectivity index (χ1) is 16.5. The van der Waals surface area contributed by atoms with Crippen LogP contribution in [-0.2, 0) is 16.1 Å². The number of benzene rings is 2. The third-order valence-electron chi connectivity index (χ3n) is 6.37. The molecule has 1 aliphatic heterocycles. The van der Waals surface area contributed by atoms with Crippen LogP contribution in [-0.4, -0.2) is 40.0 Å². The van der Waals surface area contributed by atoms with E-state index in [0.29, 0.717) is 12.1 Å². The highest BCUT2D eigenvalue weighted by atomic mass is 19.1. The zero-order valence-corrected chi connectivity index (χ0v) is 18.5. The van der Waals surface area contributed by atoms with Crippen LogP contribution in [0.25, 0.3) is 17.0 Å². The number of nitrogens with zero attached hydrogens (tertiary/aromatic N) is 2. The highest BCUT2D eigenvalue weighted by molar-refractivity contribution is 6.31. The summed E-state index contributed by atoms with van der Waals surface area (Å²) in [5.41, 5.74) is 1.51. The second-order valence-corrected chi connectivity index (χ2v) is 8.50. The van der Waals surface area contributed by atoms with Crippen LogP contribution in [0.1, 0.15) is 31.2 Å². The predicted molar refractivity (Wildman–Crippen MR) is 124 cm³/mol. The van der Waals surface area contributed by atoms with E-state index in [1.165, 1.54) is 11.0 Å². The van der Waals surface area contributed by atoms with E-state index in [-0.39, 0.29) is 24.0 Å². The molecule has 174 valence electrons. The Morgan fingerprint density at radius 2 is 1.76 bits per heavy atom. The van der Waals surface area contributed by atoms with Gasteiger partial charge in [-0.3, -0.25) is 19.8 Å². The largest absolute Gasteiger partial charge is 0.489 e. The first kappa shape index (κ1) is 21.9. The minimum atomic E-state index is -0.691. The van der Waals surface area contributed by atoms with Crippen molar-refractivity contribution in [1.82, 2.24) is 14.8 Å². The monoisotopic (exact) mass is 461 g/mol. The number of halogens is 1. The number of carbonyl (C=O) groups excluding carboxylic acids is 3. The summed E-state index contributed by atoms with van der Waals surface area (Å²) in [6.45, 7) is 0.670. The molecule has 1 aromatic heterocycles. The molecule has 2 aliphatic rings. The van der Waals surface area contributed by atoms with Crippen molar-refractivity contribution in [2.24, 2.45) is 0 Å². The van der Waals surface area contributed by atoms with Crippen LogP contribution in [0.15, 0.2) is 60.3 Å². The van der Waals surface area contributed by atoms with Gasteiger partial charge in [0.15, 0.2) is 11.6 Å². The predicted octanol–water partition coefficient (Wildman–Crippen LogP) is 4.26. The number of carbonyl (C=O) groups is 3. The molecule has 0 bridgehead atoms. The maximum absolute atomic E-state index is 13.8. The average molecular weight is 461 g/mol. The lowest BCUT2D eigenvalue weighted by Crippen LogP contribution is -2.57. The fraction of sp³-hybridized carbons (Fsp3) is 0.269. The molecule has 0 radical (unpaired) electrons. The fourth-order valence-corrected chi connectivity index (χ4v) is 4.71. The SMILES string of the molecule is O=C1NC(=O)N(C2CCCC2)C(=O)C1=Cc1cn(CCOc2ccccc2F)c2ccccc12. The van der Waals surface area contributed by atoms with Crippen LogP contribution < -0.4 is 10.1 Å². The van der Waals surface area contributed by atoms with Crippen molar-refractivity contribution in [3.63, 3.8) is 0 Å². The van der Waals surface area contributed by atoms with E-state index >= 15 is 0 Å². The van der Waals surface area contributed by atoms with Gasteiger partial charge in [0, 0.05) is 28.7 Å². The van der Waals surface area contributed by atoms with E-state index in [9.17, 15) is 18.8 Å². The van der Waals surface area contributed by atoms with Gasteiger partial charge in [0.05, 0.1) is 6.54 Å². The van der Waals surface area contributed by atoms with Crippen LogP contribution in [0.4, 0.5) is 9.18 Å². The van der Waals surface area contributed by atoms with Crippen LogP contribution in [0.2, 0.25) is 0 Å². The molecule has 7 nitrogen and oxygen atoms in total. The number of nitrogens with one attached hydrogen (secondary N) is 1. The molecule has 0 spiro atoms. The van der Waals surface area contributed by atoms with E-state index in [4.69, 9.17) is 4.74 Å². The Labute approximate surface area is 195 Å². The molecule has 1 N–H and O–H groups in total. The normalized spacial score (nSPS) is 18.2. The average Bonchev–Trinajstić information content (AvgIpc) is 3.47. The number of barbiturate groups is 1. The lowest BCUT2D eigenvalue weighted by atomic mass is 10.0. The quantitative estimate of drug-likeness (QED) is 0.439. The Bertz CT molecular complexity index is 1310. The molecule has 1 aliphatic carbocycles. The summed E-state index contributed by atoms with van der Waals surface area (Å²) in [6, 6.07) is 13.0. The number of rotatable bonds is 6. The zero-order valence-electron chi connectivity index (χ0n) is 18.5. The van der Waals surface area contributed by atoms with Gasteiger partial charge in [0.1, 0.15) is 12.2 Å². The Morgan fingerprint density at radius 3 is 2.56 bits per heavy atom. The summed E-state index contributed by atoms with van der Waals surface area (Å²) in [7, 11) is 0. The van der Waals surface area contributed by atoms with Crippen LogP contribution >= 0.6 is 0 Å². The molecule has 0 unspecified atom stereocenters. The second kappa shape index (κ2) is 9.13. The van der Waals surface area contributed by atoms with Gasteiger partial charge in [-0.05, 0) is 37.1 Å². The molecule has 1 saturated heterocycles. The Hall–Kier alpha value is -3.94. The van der Waals surface area contributed by atoms with Gasteiger partial charge in [-0.15, -0.1) is 0 Å². The molecule has 2 aromatic carbocycles. The summed E-state index contributed by atoms with van der Waals surface area (Å²) in [5, 5.41) is 3.17. The number of hydrogen-bond acceptors (Lipinski definition) is 4. The number of hydrogen-bond donors (Lipinski definition) is 1. The lowest BCUT2D eigenvalue weighted by Gasteiger charge is -2.31. The smallest absolute Gasteiger partial charge is 0.331 e. The summed E-state index contributed by atoms with van der Waals surface area (Å²) in [4.78, 5) is 39.3. The van der Waals surface area contributed by atoms with Crippen molar-refractivity contribution < 1.29 is 23.5 Å². The Balaban J connectivity index is 1.43. The highest BCUT2D eigenvalue weighted by Crippen LogP contribution is 2.29. The third kappa shape index (κ3) is 4.07. The number of ether oxygens (including phenoxy) is 1. The highest BCUT2D eigenvalue weighted by Gasteiger charge is 2.40. The van der Waals surface area contributed by atoms with Crippen LogP contribution in [0.5, 0.6) is 5.75 Å². The minimum Gasteiger partial charge on any atom is -0.489 e. The summed E-state index contributed by atoms with van der Waals surface area (Å²) in [6.07, 6.45) is 6.79. The first-order valence-corrected chi connectivity index (χ1v) is 11.4. The van der Waals surface area contributed by atoms with E-state index in [1.807, 2.05) is 35.0 Å². The van der Waals surface area contributed by atoms with Crippen molar-refractivity contribution in [2.75, 3.05) is 6.61 Å². The van der Waals surface area contributed by atoms with Gasteiger partial charge in [-0.25, -0.2) is 9.18 Å². The number of amides is 4. The van der Waals surface area contributed by atoms with Crippen molar-refractivity contribution in [1.29, 1.82) is 0 Å². The molecular formula is C26H24FN3O4. The maximum atomic E-state index is 13.8. The van der Waals surface area contributed by atoms with Gasteiger partial charge in [0.25, 0.3) is 11.8 Å². The van der Waals surface area contributed by atoms with E-state index in [0.717, 1.165) is 36.6 Å². The van der Waals surface area contributed by atoms with Crippen molar-refractivity contribution in [3.05, 3.63) is 71.7 Å². The number of imide groups is 2. The molecular weight excluding hydrogens is 437 g/mol. The first-order valence-electron chi connectivity index (χ1n) is 11.4. The number of para-hydroxylation sites is 2. The summed E-state index contributed by atoms with van der Waals surface area (Å²) in [5.74, 6) is -1.49. The number of aromatic nitrogens is 1. The second-order valence-electron chi connectivity index (χ2n) is 8.50. The molecule has 4 amide bonds. The molecule has 1 saturated carbocycles. The van der Waals surface area contributed by atoms with Gasteiger partial charge < -0.3 is 9.30 Å². The van der Waals surface area contributed by atoms with Gasteiger partial charge in [0.2, 0.25) is 0 Å². The summed E-state index contributed by atoms with van der Waals surface area (Å²) < 4.78 is 21.4. The maximum Gasteiger partial charge on any atom is 0.331 e. The molecule has 2 heterocycles. The van der Waals surface area contributed by atoms with Gasteiger partial charge in [-0.2, -0.15) is 0 Å². The topological polar surface area (TPSA) is 80.6 Å². The zero-order chi connectivity index (χ0) is 23.7. The molecule has 0 atom stereocenters. The Kier molecular flexibility index (Phi) is 5.88. The Morgan fingerprint density at radius 1 is 1.03 bits per heavy atom. The standard InChI is InChI=1S/C26H24FN3O4/c27-21-10-4-6-12-23(21)34-14-13-29-16-17(19-9-3-5-11-22(19)29)15-20-24(31)28-26(33)30(25(20)32)18-7-1-2-8-18/h3-6,9-12,15-16,18H,1-2,7-8,13-14H2,(H,28,31,33). The van der Waals surface area contributed by atoms with Crippen LogP contribution in [0.3, 0.4) is 0 Å². The molecule has 34 heavy (non-hydrogen) atoms.